The smallest absolute Gasteiger partial charge is 0.0897 e. The van der Waals surface area contributed by atoms with Crippen molar-refractivity contribution in [1.29, 1.82) is 0 Å². The van der Waals surface area contributed by atoms with Crippen LogP contribution >= 0.6 is 28.1 Å². The second-order valence-corrected chi connectivity index (χ2v) is 3.79. The Hall–Kier alpha value is 0.370. The lowest BCUT2D eigenvalue weighted by Crippen LogP contribution is -2.21. The van der Waals surface area contributed by atoms with Crippen molar-refractivity contribution in [1.82, 2.24) is 0 Å². The molecule has 40 valence electrons. The Bertz CT molecular complexity index is 108. The van der Waals surface area contributed by atoms with Crippen molar-refractivity contribution in [2.24, 2.45) is 5.73 Å². The number of rotatable bonds is 1. The highest BCUT2D eigenvalue weighted by Crippen LogP contribution is 2.44. The van der Waals surface area contributed by atoms with Crippen molar-refractivity contribution in [3.05, 3.63) is 0 Å². The summed E-state index contributed by atoms with van der Waals surface area (Å²) in [5, 5.41) is 0. The maximum atomic E-state index is 5.32. The predicted octanol–water partition coefficient (Wildman–Crippen LogP) is 1.20. The lowest BCUT2D eigenvalue weighted by molar-refractivity contribution is 1.30. The van der Waals surface area contributed by atoms with Gasteiger partial charge in [-0.25, -0.2) is 0 Å². The fourth-order valence-electron chi connectivity index (χ4n) is 0.356. The molecule has 1 nitrogen and oxygen atoms in total. The Labute approximate surface area is 56.4 Å². The number of halogens is 1. The largest absolute Gasteiger partial charge is 0.392 e. The van der Waals surface area contributed by atoms with Gasteiger partial charge in [-0.05, 0) is 12.8 Å². The van der Waals surface area contributed by atoms with E-state index < -0.39 is 0 Å². The minimum atomic E-state index is 0.0718. The van der Waals surface area contributed by atoms with Crippen LogP contribution in [0, 0.1) is 0 Å². The summed E-state index contributed by atoms with van der Waals surface area (Å²) in [6, 6.07) is 0. The van der Waals surface area contributed by atoms with Crippen LogP contribution in [0.3, 0.4) is 0 Å². The molecule has 0 aliphatic heterocycles. The fraction of sp³-hybridized carbons (Fsp3) is 0.750. The molecule has 1 aliphatic carbocycles. The third-order valence-electron chi connectivity index (χ3n) is 1.13. The number of hydrogen-bond acceptors (Lipinski definition) is 1. The summed E-state index contributed by atoms with van der Waals surface area (Å²) >= 11 is 8.11. The van der Waals surface area contributed by atoms with Crippen LogP contribution in [0.25, 0.3) is 0 Å². The molecule has 1 rings (SSSR count). The van der Waals surface area contributed by atoms with Gasteiger partial charge < -0.3 is 5.73 Å². The van der Waals surface area contributed by atoms with Crippen LogP contribution in [0.2, 0.25) is 0 Å². The molecular weight excluding hydrogens is 174 g/mol. The van der Waals surface area contributed by atoms with Crippen molar-refractivity contribution < 1.29 is 0 Å². The van der Waals surface area contributed by atoms with Crippen molar-refractivity contribution >= 4 is 33.1 Å². The summed E-state index contributed by atoms with van der Waals surface area (Å²) in [7, 11) is 0. The maximum Gasteiger partial charge on any atom is 0.0897 e. The molecule has 1 saturated carbocycles. The molecular formula is C4H6BrNS. The van der Waals surface area contributed by atoms with Gasteiger partial charge in [0.2, 0.25) is 0 Å². The Morgan fingerprint density at radius 3 is 2.14 bits per heavy atom. The van der Waals surface area contributed by atoms with Gasteiger partial charge in [0.15, 0.2) is 0 Å². The monoisotopic (exact) mass is 179 g/mol. The normalized spacial score (nSPS) is 24.1. The zero-order chi connectivity index (χ0) is 5.49. The van der Waals surface area contributed by atoms with Gasteiger partial charge in [0, 0.05) is 0 Å². The average Bonchev–Trinajstić information content (AvgIpc) is 2.21. The van der Waals surface area contributed by atoms with Gasteiger partial charge in [0.05, 0.1) is 9.31 Å². The van der Waals surface area contributed by atoms with Gasteiger partial charge in [-0.2, -0.15) is 0 Å². The second kappa shape index (κ2) is 1.42. The highest BCUT2D eigenvalue weighted by Gasteiger charge is 2.42. The van der Waals surface area contributed by atoms with E-state index in [0.717, 1.165) is 12.8 Å². The van der Waals surface area contributed by atoms with Crippen LogP contribution in [0.1, 0.15) is 12.8 Å². The van der Waals surface area contributed by atoms with Crippen LogP contribution < -0.4 is 5.73 Å². The Morgan fingerprint density at radius 1 is 1.71 bits per heavy atom. The van der Waals surface area contributed by atoms with Crippen LogP contribution in [-0.2, 0) is 0 Å². The predicted molar refractivity (Wildman–Crippen MR) is 37.7 cm³/mol. The molecule has 0 radical (unpaired) electrons. The lowest BCUT2D eigenvalue weighted by atomic mass is 10.4. The standard InChI is InChI=1S/C4H6BrNS/c5-4(1-2-4)3(6)7/h1-2H2,(H2,6,7). The first-order valence-corrected chi connectivity index (χ1v) is 3.34. The zero-order valence-corrected chi connectivity index (χ0v) is 6.18. The molecule has 0 unspecified atom stereocenters. The maximum absolute atomic E-state index is 5.32. The Kier molecular flexibility index (Phi) is 1.12. The molecule has 0 heterocycles. The van der Waals surface area contributed by atoms with E-state index in [1.54, 1.807) is 0 Å². The molecule has 2 N–H and O–H groups in total. The number of alkyl halides is 1. The molecule has 3 heteroatoms. The summed E-state index contributed by atoms with van der Waals surface area (Å²) in [6.45, 7) is 0. The lowest BCUT2D eigenvalue weighted by Gasteiger charge is -1.98. The molecule has 0 bridgehead atoms. The summed E-state index contributed by atoms with van der Waals surface area (Å²) < 4.78 is 0.0718. The van der Waals surface area contributed by atoms with Gasteiger partial charge in [0.1, 0.15) is 0 Å². The van der Waals surface area contributed by atoms with Gasteiger partial charge in [-0.15, -0.1) is 0 Å². The van der Waals surface area contributed by atoms with Crippen LogP contribution in [0.15, 0.2) is 0 Å². The van der Waals surface area contributed by atoms with E-state index in [9.17, 15) is 0 Å². The highest BCUT2D eigenvalue weighted by molar-refractivity contribution is 9.10. The highest BCUT2D eigenvalue weighted by atomic mass is 79.9. The van der Waals surface area contributed by atoms with Gasteiger partial charge >= 0.3 is 0 Å². The minimum Gasteiger partial charge on any atom is -0.392 e. The van der Waals surface area contributed by atoms with Crippen molar-refractivity contribution in [3.8, 4) is 0 Å². The topological polar surface area (TPSA) is 26.0 Å². The fourth-order valence-corrected chi connectivity index (χ4v) is 0.759. The molecule has 0 aromatic heterocycles. The molecule has 1 fully saturated rings. The minimum absolute atomic E-state index is 0.0718. The third kappa shape index (κ3) is 0.941. The number of thiocarbonyl (C=S) groups is 1. The molecule has 7 heavy (non-hydrogen) atoms. The zero-order valence-electron chi connectivity index (χ0n) is 3.78. The first-order valence-electron chi connectivity index (χ1n) is 2.14. The van der Waals surface area contributed by atoms with Crippen molar-refractivity contribution in [2.75, 3.05) is 0 Å². The summed E-state index contributed by atoms with van der Waals surface area (Å²) in [5.41, 5.74) is 5.32. The van der Waals surface area contributed by atoms with Crippen molar-refractivity contribution in [3.63, 3.8) is 0 Å². The molecule has 0 aromatic carbocycles. The average molecular weight is 180 g/mol. The first kappa shape index (κ1) is 5.51. The third-order valence-corrected chi connectivity index (χ3v) is 3.00. The van der Waals surface area contributed by atoms with E-state index in [4.69, 9.17) is 18.0 Å². The van der Waals surface area contributed by atoms with E-state index in [1.807, 2.05) is 0 Å². The quantitative estimate of drug-likeness (QED) is 0.484. The van der Waals surface area contributed by atoms with Gasteiger partial charge in [-0.3, -0.25) is 0 Å². The van der Waals surface area contributed by atoms with E-state index in [1.165, 1.54) is 0 Å². The molecule has 0 spiro atoms. The van der Waals surface area contributed by atoms with Crippen LogP contribution in [0.5, 0.6) is 0 Å². The molecule has 0 aromatic rings. The van der Waals surface area contributed by atoms with Gasteiger partial charge in [-0.1, -0.05) is 28.1 Å². The molecule has 0 atom stereocenters. The summed E-state index contributed by atoms with van der Waals surface area (Å²) in [4.78, 5) is 0.604. The van der Waals surface area contributed by atoms with E-state index in [-0.39, 0.29) is 4.32 Å². The second-order valence-electron chi connectivity index (χ2n) is 1.83. The first-order chi connectivity index (χ1) is 3.15. The summed E-state index contributed by atoms with van der Waals surface area (Å²) in [6.07, 6.45) is 2.23. The Morgan fingerprint density at radius 2 is 2.14 bits per heavy atom. The molecule has 0 saturated heterocycles. The van der Waals surface area contributed by atoms with E-state index in [0.29, 0.717) is 4.99 Å². The number of nitrogens with two attached hydrogens (primary N) is 1. The van der Waals surface area contributed by atoms with Crippen molar-refractivity contribution in [2.45, 2.75) is 17.2 Å². The molecule has 0 amide bonds. The van der Waals surface area contributed by atoms with Crippen LogP contribution in [-0.4, -0.2) is 9.31 Å². The molecule has 1 aliphatic rings. The Balaban J connectivity index is 2.55. The van der Waals surface area contributed by atoms with E-state index in [2.05, 4.69) is 15.9 Å². The SMILES string of the molecule is NC(=S)C1(Br)CC1. The van der Waals surface area contributed by atoms with Crippen LogP contribution in [0.4, 0.5) is 0 Å². The number of hydrogen-bond donors (Lipinski definition) is 1. The summed E-state index contributed by atoms with van der Waals surface area (Å²) in [5.74, 6) is 0. The van der Waals surface area contributed by atoms with E-state index >= 15 is 0 Å². The van der Waals surface area contributed by atoms with Gasteiger partial charge in [0.25, 0.3) is 0 Å².